The highest BCUT2D eigenvalue weighted by Crippen LogP contribution is 2.00. The molecular weight excluding hydrogens is 220 g/mol. The zero-order valence-corrected chi connectivity index (χ0v) is 10.1. The molecular formula is C17H16O. The predicted molar refractivity (Wildman–Crippen MR) is 78.1 cm³/mol. The maximum atomic E-state index is 9.97. The van der Waals surface area contributed by atoms with E-state index >= 15 is 0 Å². The number of benzene rings is 1. The van der Waals surface area contributed by atoms with Crippen LogP contribution in [-0.2, 0) is 4.79 Å². The summed E-state index contributed by atoms with van der Waals surface area (Å²) in [5.41, 5.74) is 1.19. The Morgan fingerprint density at radius 2 is 1.11 bits per heavy atom. The van der Waals surface area contributed by atoms with E-state index in [2.05, 4.69) is 12.1 Å². The van der Waals surface area contributed by atoms with E-state index in [0.29, 0.717) is 0 Å². The molecule has 0 radical (unpaired) electrons. The van der Waals surface area contributed by atoms with E-state index in [1.807, 2.05) is 60.7 Å². The second-order valence-corrected chi connectivity index (χ2v) is 3.45. The van der Waals surface area contributed by atoms with Gasteiger partial charge in [-0.15, -0.1) is 0 Å². The molecule has 0 heterocycles. The molecule has 18 heavy (non-hydrogen) atoms. The number of aldehydes is 1. The molecule has 0 atom stereocenters. The molecule has 0 N–H and O–H groups in total. The van der Waals surface area contributed by atoms with Gasteiger partial charge in [0.25, 0.3) is 0 Å². The van der Waals surface area contributed by atoms with Crippen LogP contribution < -0.4 is 0 Å². The number of carbonyl (C=O) groups is 1. The van der Waals surface area contributed by atoms with E-state index in [0.717, 1.165) is 6.29 Å². The van der Waals surface area contributed by atoms with Crippen molar-refractivity contribution in [1.82, 2.24) is 0 Å². The molecule has 0 aliphatic heterocycles. The SMILES string of the molecule is O=C/C=C/C=C/C=C/C=C/C=C/c1ccccc1. The van der Waals surface area contributed by atoms with Crippen molar-refractivity contribution >= 4 is 12.4 Å². The quantitative estimate of drug-likeness (QED) is 0.412. The first kappa shape index (κ1) is 13.7. The summed E-state index contributed by atoms with van der Waals surface area (Å²) in [5, 5.41) is 0. The van der Waals surface area contributed by atoms with Crippen molar-refractivity contribution in [2.75, 3.05) is 0 Å². The molecule has 1 rings (SSSR count). The number of hydrogen-bond acceptors (Lipinski definition) is 1. The van der Waals surface area contributed by atoms with Gasteiger partial charge >= 0.3 is 0 Å². The van der Waals surface area contributed by atoms with Crippen LogP contribution in [0.2, 0.25) is 0 Å². The predicted octanol–water partition coefficient (Wildman–Crippen LogP) is 4.12. The van der Waals surface area contributed by atoms with Crippen LogP contribution in [0.15, 0.2) is 85.0 Å². The van der Waals surface area contributed by atoms with Crippen molar-refractivity contribution in [2.45, 2.75) is 0 Å². The molecule has 1 heteroatoms. The van der Waals surface area contributed by atoms with Gasteiger partial charge < -0.3 is 0 Å². The van der Waals surface area contributed by atoms with Crippen LogP contribution in [0.3, 0.4) is 0 Å². The number of rotatable bonds is 6. The highest BCUT2D eigenvalue weighted by Gasteiger charge is 1.78. The summed E-state index contributed by atoms with van der Waals surface area (Å²) < 4.78 is 0. The van der Waals surface area contributed by atoms with Crippen LogP contribution >= 0.6 is 0 Å². The van der Waals surface area contributed by atoms with Gasteiger partial charge in [-0.05, 0) is 11.6 Å². The molecule has 1 aromatic carbocycles. The lowest BCUT2D eigenvalue weighted by molar-refractivity contribution is -0.104. The van der Waals surface area contributed by atoms with Gasteiger partial charge in [-0.1, -0.05) is 85.0 Å². The average Bonchev–Trinajstić information content (AvgIpc) is 2.42. The first-order valence-corrected chi connectivity index (χ1v) is 5.77. The molecule has 0 aliphatic carbocycles. The molecule has 0 aromatic heterocycles. The molecule has 0 saturated heterocycles. The lowest BCUT2D eigenvalue weighted by Gasteiger charge is -1.87. The minimum Gasteiger partial charge on any atom is -0.299 e. The molecule has 0 spiro atoms. The molecule has 0 fully saturated rings. The largest absolute Gasteiger partial charge is 0.299 e. The Morgan fingerprint density at radius 1 is 0.611 bits per heavy atom. The highest BCUT2D eigenvalue weighted by molar-refractivity contribution is 5.65. The Labute approximate surface area is 108 Å². The third-order valence-electron chi connectivity index (χ3n) is 2.06. The van der Waals surface area contributed by atoms with Crippen LogP contribution in [0.25, 0.3) is 6.08 Å². The lowest BCUT2D eigenvalue weighted by atomic mass is 10.2. The summed E-state index contributed by atoms with van der Waals surface area (Å²) in [5.74, 6) is 0. The van der Waals surface area contributed by atoms with Gasteiger partial charge in [-0.2, -0.15) is 0 Å². The van der Waals surface area contributed by atoms with Gasteiger partial charge in [0.15, 0.2) is 0 Å². The fourth-order valence-corrected chi connectivity index (χ4v) is 1.23. The van der Waals surface area contributed by atoms with E-state index in [1.54, 1.807) is 12.2 Å². The van der Waals surface area contributed by atoms with Crippen molar-refractivity contribution in [3.63, 3.8) is 0 Å². The molecule has 0 bridgehead atoms. The zero-order chi connectivity index (χ0) is 12.9. The molecule has 1 nitrogen and oxygen atoms in total. The zero-order valence-electron chi connectivity index (χ0n) is 10.1. The molecule has 0 saturated carbocycles. The van der Waals surface area contributed by atoms with Crippen molar-refractivity contribution in [3.8, 4) is 0 Å². The van der Waals surface area contributed by atoms with E-state index < -0.39 is 0 Å². The monoisotopic (exact) mass is 236 g/mol. The molecule has 90 valence electrons. The second-order valence-electron chi connectivity index (χ2n) is 3.45. The van der Waals surface area contributed by atoms with Crippen molar-refractivity contribution in [2.24, 2.45) is 0 Å². The maximum absolute atomic E-state index is 9.97. The van der Waals surface area contributed by atoms with Crippen LogP contribution in [0, 0.1) is 0 Å². The van der Waals surface area contributed by atoms with Gasteiger partial charge in [0.2, 0.25) is 0 Å². The van der Waals surface area contributed by atoms with Crippen LogP contribution in [0.1, 0.15) is 5.56 Å². The molecule has 0 amide bonds. The Morgan fingerprint density at radius 3 is 1.67 bits per heavy atom. The first-order chi connectivity index (χ1) is 8.93. The second kappa shape index (κ2) is 9.79. The average molecular weight is 236 g/mol. The third-order valence-corrected chi connectivity index (χ3v) is 2.06. The summed E-state index contributed by atoms with van der Waals surface area (Å²) >= 11 is 0. The van der Waals surface area contributed by atoms with Crippen molar-refractivity contribution in [1.29, 1.82) is 0 Å². The van der Waals surface area contributed by atoms with E-state index in [1.165, 1.54) is 11.6 Å². The number of carbonyl (C=O) groups excluding carboxylic acids is 1. The normalized spacial score (nSPS) is 12.7. The van der Waals surface area contributed by atoms with Crippen LogP contribution in [-0.4, -0.2) is 6.29 Å². The van der Waals surface area contributed by atoms with E-state index in [9.17, 15) is 4.79 Å². The van der Waals surface area contributed by atoms with Crippen molar-refractivity contribution < 1.29 is 4.79 Å². The fourth-order valence-electron chi connectivity index (χ4n) is 1.23. The summed E-state index contributed by atoms with van der Waals surface area (Å²) in [6.45, 7) is 0. The Hall–Kier alpha value is -2.41. The number of allylic oxidation sites excluding steroid dienone is 9. The standard InChI is InChI=1S/C17H16O/c18-16-12-7-5-3-1-2-4-6-9-13-17-14-10-8-11-15-17/h1-16H/b2-1+,5-3+,6-4+,12-7+,13-9+. The summed E-state index contributed by atoms with van der Waals surface area (Å²) in [4.78, 5) is 9.97. The highest BCUT2D eigenvalue weighted by atomic mass is 16.1. The topological polar surface area (TPSA) is 17.1 Å². The van der Waals surface area contributed by atoms with Gasteiger partial charge in [0.05, 0.1) is 0 Å². The Bertz CT molecular complexity index is 474. The number of hydrogen-bond donors (Lipinski definition) is 0. The summed E-state index contributed by atoms with van der Waals surface area (Å²) in [6, 6.07) is 10.1. The molecule has 0 aliphatic rings. The van der Waals surface area contributed by atoms with Crippen LogP contribution in [0.4, 0.5) is 0 Å². The fraction of sp³-hybridized carbons (Fsp3) is 0. The lowest BCUT2D eigenvalue weighted by Crippen LogP contribution is -1.66. The van der Waals surface area contributed by atoms with Crippen molar-refractivity contribution in [3.05, 3.63) is 90.6 Å². The maximum Gasteiger partial charge on any atom is 0.142 e. The van der Waals surface area contributed by atoms with Crippen LogP contribution in [0.5, 0.6) is 0 Å². The third kappa shape index (κ3) is 6.96. The van der Waals surface area contributed by atoms with Gasteiger partial charge in [0.1, 0.15) is 6.29 Å². The smallest absolute Gasteiger partial charge is 0.142 e. The summed E-state index contributed by atoms with van der Waals surface area (Å²) in [6.07, 6.45) is 19.4. The van der Waals surface area contributed by atoms with E-state index in [-0.39, 0.29) is 0 Å². The Balaban J connectivity index is 2.31. The molecule has 0 unspecified atom stereocenters. The van der Waals surface area contributed by atoms with E-state index in [4.69, 9.17) is 0 Å². The van der Waals surface area contributed by atoms with Gasteiger partial charge in [-0.25, -0.2) is 0 Å². The molecule has 1 aromatic rings. The van der Waals surface area contributed by atoms with Gasteiger partial charge in [0, 0.05) is 0 Å². The Kier molecular flexibility index (Phi) is 7.43. The summed E-state index contributed by atoms with van der Waals surface area (Å²) in [7, 11) is 0. The van der Waals surface area contributed by atoms with Gasteiger partial charge in [-0.3, -0.25) is 4.79 Å². The first-order valence-electron chi connectivity index (χ1n) is 5.77. The minimum atomic E-state index is 0.752. The minimum absolute atomic E-state index is 0.752.